The molecular formula is C18H34N2. The van der Waals surface area contributed by atoms with Crippen LogP contribution in [0.5, 0.6) is 0 Å². The smallest absolute Gasteiger partial charge is 0.0954 e. The fourth-order valence-electron chi connectivity index (χ4n) is 2.96. The molecule has 2 heteroatoms. The number of rotatable bonds is 11. The van der Waals surface area contributed by atoms with Gasteiger partial charge >= 0.3 is 0 Å². The Balaban J connectivity index is 2.57. The van der Waals surface area contributed by atoms with Gasteiger partial charge in [0.15, 0.2) is 0 Å². The molecule has 0 radical (unpaired) electrons. The third kappa shape index (κ3) is 5.68. The van der Waals surface area contributed by atoms with Gasteiger partial charge in [-0.2, -0.15) is 0 Å². The zero-order chi connectivity index (χ0) is 14.8. The van der Waals surface area contributed by atoms with Crippen molar-refractivity contribution in [1.82, 2.24) is 9.55 Å². The fourth-order valence-corrected chi connectivity index (χ4v) is 2.96. The van der Waals surface area contributed by atoms with E-state index in [1.807, 2.05) is 6.33 Å². The summed E-state index contributed by atoms with van der Waals surface area (Å²) in [6.07, 6.45) is 17.6. The molecule has 0 aliphatic carbocycles. The zero-order valence-corrected chi connectivity index (χ0v) is 14.1. The number of hydrogen-bond donors (Lipinski definition) is 0. The van der Waals surface area contributed by atoms with Gasteiger partial charge in [-0.05, 0) is 26.7 Å². The molecule has 20 heavy (non-hydrogen) atoms. The van der Waals surface area contributed by atoms with Gasteiger partial charge in [-0.1, -0.05) is 65.2 Å². The van der Waals surface area contributed by atoms with Crippen LogP contribution in [0.2, 0.25) is 0 Å². The Labute approximate surface area is 126 Å². The highest BCUT2D eigenvalue weighted by molar-refractivity contribution is 4.98. The van der Waals surface area contributed by atoms with Crippen LogP contribution < -0.4 is 0 Å². The first kappa shape index (κ1) is 17.3. The second-order valence-electron chi connectivity index (χ2n) is 6.54. The number of aromatic nitrogens is 2. The van der Waals surface area contributed by atoms with Crippen molar-refractivity contribution in [2.75, 3.05) is 0 Å². The summed E-state index contributed by atoms with van der Waals surface area (Å²) in [4.78, 5) is 4.43. The van der Waals surface area contributed by atoms with Crippen molar-refractivity contribution in [2.24, 2.45) is 0 Å². The maximum absolute atomic E-state index is 4.43. The van der Waals surface area contributed by atoms with Gasteiger partial charge in [0.2, 0.25) is 0 Å². The van der Waals surface area contributed by atoms with E-state index < -0.39 is 0 Å². The van der Waals surface area contributed by atoms with Crippen LogP contribution in [0.15, 0.2) is 12.5 Å². The summed E-state index contributed by atoms with van der Waals surface area (Å²) in [5, 5.41) is 0. The number of unbranched alkanes of at least 4 members (excludes halogenated alkanes) is 6. The van der Waals surface area contributed by atoms with Gasteiger partial charge in [-0.15, -0.1) is 0 Å². The summed E-state index contributed by atoms with van der Waals surface area (Å²) in [5.41, 5.74) is 1.40. The predicted molar refractivity (Wildman–Crippen MR) is 88.1 cm³/mol. The summed E-state index contributed by atoms with van der Waals surface area (Å²) in [7, 11) is 0. The lowest BCUT2D eigenvalue weighted by molar-refractivity contribution is 0.250. The van der Waals surface area contributed by atoms with E-state index in [9.17, 15) is 0 Å². The van der Waals surface area contributed by atoms with Crippen molar-refractivity contribution >= 4 is 0 Å². The minimum Gasteiger partial charge on any atom is -0.331 e. The molecule has 0 unspecified atom stereocenters. The van der Waals surface area contributed by atoms with E-state index in [4.69, 9.17) is 0 Å². The zero-order valence-electron chi connectivity index (χ0n) is 14.1. The standard InChI is InChI=1S/C18H34N2/c1-5-7-9-11-13-18(4,14-12-10-8-6-2)20-15-17(3)19-16-20/h15-16H,5-14H2,1-4H3. The average Bonchev–Trinajstić information content (AvgIpc) is 2.87. The largest absolute Gasteiger partial charge is 0.331 e. The summed E-state index contributed by atoms with van der Waals surface area (Å²) in [6, 6.07) is 0. The van der Waals surface area contributed by atoms with Crippen molar-refractivity contribution in [3.63, 3.8) is 0 Å². The Morgan fingerprint density at radius 2 is 1.50 bits per heavy atom. The number of nitrogens with zero attached hydrogens (tertiary/aromatic N) is 2. The highest BCUT2D eigenvalue weighted by atomic mass is 15.1. The van der Waals surface area contributed by atoms with Crippen LogP contribution in [-0.2, 0) is 5.54 Å². The first-order valence-electron chi connectivity index (χ1n) is 8.63. The molecule has 1 aromatic rings. The fraction of sp³-hybridized carbons (Fsp3) is 0.833. The van der Waals surface area contributed by atoms with Gasteiger partial charge in [0.25, 0.3) is 0 Å². The van der Waals surface area contributed by atoms with E-state index in [0.717, 1.165) is 5.69 Å². The van der Waals surface area contributed by atoms with Crippen LogP contribution in [0.4, 0.5) is 0 Å². The van der Waals surface area contributed by atoms with Gasteiger partial charge in [0.1, 0.15) is 0 Å². The molecule has 1 heterocycles. The summed E-state index contributed by atoms with van der Waals surface area (Å²) < 4.78 is 2.38. The molecule has 0 aromatic carbocycles. The van der Waals surface area contributed by atoms with E-state index >= 15 is 0 Å². The van der Waals surface area contributed by atoms with E-state index in [2.05, 4.69) is 43.4 Å². The molecule has 0 saturated carbocycles. The molecule has 0 atom stereocenters. The monoisotopic (exact) mass is 278 g/mol. The minimum absolute atomic E-state index is 0.267. The number of aryl methyl sites for hydroxylation is 1. The van der Waals surface area contributed by atoms with Crippen LogP contribution in [0.25, 0.3) is 0 Å². The van der Waals surface area contributed by atoms with Crippen molar-refractivity contribution in [3.05, 3.63) is 18.2 Å². The lowest BCUT2D eigenvalue weighted by Crippen LogP contribution is -2.29. The molecule has 1 aromatic heterocycles. The first-order valence-corrected chi connectivity index (χ1v) is 8.63. The molecule has 2 nitrogen and oxygen atoms in total. The summed E-state index contributed by atoms with van der Waals surface area (Å²) >= 11 is 0. The van der Waals surface area contributed by atoms with Crippen LogP contribution in [0.1, 0.15) is 90.7 Å². The Bertz CT molecular complexity index is 342. The lowest BCUT2D eigenvalue weighted by Gasteiger charge is -2.31. The second-order valence-corrected chi connectivity index (χ2v) is 6.54. The van der Waals surface area contributed by atoms with Gasteiger partial charge in [0.05, 0.1) is 12.0 Å². The molecule has 116 valence electrons. The van der Waals surface area contributed by atoms with Crippen molar-refractivity contribution in [1.29, 1.82) is 0 Å². The van der Waals surface area contributed by atoms with E-state index in [-0.39, 0.29) is 5.54 Å². The molecule has 0 bridgehead atoms. The quantitative estimate of drug-likeness (QED) is 0.464. The molecule has 0 aliphatic rings. The summed E-state index contributed by atoms with van der Waals surface area (Å²) in [5.74, 6) is 0. The third-order valence-electron chi connectivity index (χ3n) is 4.47. The molecule has 0 amide bonds. The van der Waals surface area contributed by atoms with Crippen molar-refractivity contribution < 1.29 is 0 Å². The minimum atomic E-state index is 0.267. The molecule has 0 N–H and O–H groups in total. The first-order chi connectivity index (χ1) is 9.62. The summed E-state index contributed by atoms with van der Waals surface area (Å²) in [6.45, 7) is 9.07. The van der Waals surface area contributed by atoms with E-state index in [0.29, 0.717) is 0 Å². The molecular weight excluding hydrogens is 244 g/mol. The molecule has 0 fully saturated rings. The molecule has 0 aliphatic heterocycles. The molecule has 1 rings (SSSR count). The van der Waals surface area contributed by atoms with E-state index in [1.54, 1.807) is 0 Å². The number of imidazole rings is 1. The van der Waals surface area contributed by atoms with Gasteiger partial charge in [0, 0.05) is 11.7 Å². The van der Waals surface area contributed by atoms with Crippen molar-refractivity contribution in [3.8, 4) is 0 Å². The average molecular weight is 278 g/mol. The topological polar surface area (TPSA) is 17.8 Å². The Morgan fingerprint density at radius 1 is 0.950 bits per heavy atom. The molecule has 0 saturated heterocycles. The van der Waals surface area contributed by atoms with Crippen molar-refractivity contribution in [2.45, 2.75) is 97.4 Å². The lowest BCUT2D eigenvalue weighted by atomic mass is 9.88. The third-order valence-corrected chi connectivity index (χ3v) is 4.47. The highest BCUT2D eigenvalue weighted by Gasteiger charge is 2.25. The Hall–Kier alpha value is -0.790. The Morgan fingerprint density at radius 3 is 1.90 bits per heavy atom. The number of hydrogen-bond acceptors (Lipinski definition) is 1. The molecule has 0 spiro atoms. The van der Waals surface area contributed by atoms with Gasteiger partial charge in [-0.3, -0.25) is 0 Å². The predicted octanol–water partition coefficient (Wildman–Crippen LogP) is 5.85. The van der Waals surface area contributed by atoms with Crippen LogP contribution in [0.3, 0.4) is 0 Å². The van der Waals surface area contributed by atoms with Crippen LogP contribution >= 0.6 is 0 Å². The highest BCUT2D eigenvalue weighted by Crippen LogP contribution is 2.30. The second kappa shape index (κ2) is 9.20. The van der Waals surface area contributed by atoms with E-state index in [1.165, 1.54) is 64.2 Å². The van der Waals surface area contributed by atoms with Crippen LogP contribution in [0, 0.1) is 6.92 Å². The maximum Gasteiger partial charge on any atom is 0.0954 e. The Kier molecular flexibility index (Phi) is 7.94. The normalized spacial score (nSPS) is 12.0. The van der Waals surface area contributed by atoms with Gasteiger partial charge in [-0.25, -0.2) is 4.98 Å². The SMILES string of the molecule is CCCCCCC(C)(CCCCCC)n1cnc(C)c1. The van der Waals surface area contributed by atoms with Gasteiger partial charge < -0.3 is 4.57 Å². The maximum atomic E-state index is 4.43. The van der Waals surface area contributed by atoms with Crippen LogP contribution in [-0.4, -0.2) is 9.55 Å².